The van der Waals surface area contributed by atoms with Crippen molar-refractivity contribution in [2.24, 2.45) is 0 Å². The molecule has 2 amide bonds. The second-order valence-electron chi connectivity index (χ2n) is 7.83. The minimum Gasteiger partial charge on any atom is -0.333 e. The smallest absolute Gasteiger partial charge is 0.254 e. The van der Waals surface area contributed by atoms with Crippen molar-refractivity contribution in [1.82, 2.24) is 19.6 Å². The molecular weight excluding hydrogens is 390 g/mol. The van der Waals surface area contributed by atoms with Gasteiger partial charge in [-0.1, -0.05) is 30.3 Å². The van der Waals surface area contributed by atoms with Gasteiger partial charge in [0.05, 0.1) is 11.4 Å². The maximum absolute atomic E-state index is 13.3. The summed E-state index contributed by atoms with van der Waals surface area (Å²) in [4.78, 5) is 28.7. The molecule has 0 spiro atoms. The van der Waals surface area contributed by atoms with Crippen molar-refractivity contribution in [1.29, 1.82) is 0 Å². The van der Waals surface area contributed by atoms with Crippen molar-refractivity contribution in [3.05, 3.63) is 77.5 Å². The number of hydrogen-bond acceptors (Lipinski definition) is 4. The summed E-state index contributed by atoms with van der Waals surface area (Å²) in [6.07, 6.45) is 0. The molecule has 1 N–H and O–H groups in total. The lowest BCUT2D eigenvalue weighted by atomic mass is 10.1. The van der Waals surface area contributed by atoms with Crippen LogP contribution in [0.2, 0.25) is 0 Å². The van der Waals surface area contributed by atoms with E-state index in [2.05, 4.69) is 15.3 Å². The van der Waals surface area contributed by atoms with Crippen LogP contribution in [-0.2, 0) is 11.3 Å². The number of anilines is 1. The first-order chi connectivity index (χ1) is 14.8. The van der Waals surface area contributed by atoms with E-state index >= 15 is 0 Å². The van der Waals surface area contributed by atoms with Crippen LogP contribution in [0.1, 0.15) is 28.5 Å². The third-order valence-electron chi connectivity index (χ3n) is 4.82. The first-order valence-corrected chi connectivity index (χ1v) is 10.3. The highest BCUT2D eigenvalue weighted by molar-refractivity contribution is 5.94. The largest absolute Gasteiger partial charge is 0.333 e. The van der Waals surface area contributed by atoms with Crippen molar-refractivity contribution in [3.8, 4) is 5.69 Å². The molecule has 7 heteroatoms. The van der Waals surface area contributed by atoms with Crippen LogP contribution < -0.4 is 5.32 Å². The molecule has 0 aliphatic carbocycles. The number of aryl methyl sites for hydroxylation is 1. The van der Waals surface area contributed by atoms with Crippen LogP contribution in [0.4, 0.5) is 5.82 Å². The fourth-order valence-electron chi connectivity index (χ4n) is 3.27. The highest BCUT2D eigenvalue weighted by atomic mass is 16.2. The van der Waals surface area contributed by atoms with Crippen LogP contribution in [0.5, 0.6) is 0 Å². The molecule has 0 bridgehead atoms. The Balaban J connectivity index is 1.82. The Morgan fingerprint density at radius 1 is 1.00 bits per heavy atom. The van der Waals surface area contributed by atoms with Crippen LogP contribution in [0.25, 0.3) is 5.69 Å². The highest BCUT2D eigenvalue weighted by Gasteiger charge is 2.17. The number of aromatic nitrogens is 2. The normalized spacial score (nSPS) is 10.9. The Morgan fingerprint density at radius 2 is 1.68 bits per heavy atom. The Morgan fingerprint density at radius 3 is 2.29 bits per heavy atom. The van der Waals surface area contributed by atoms with Gasteiger partial charge in [-0.25, -0.2) is 4.68 Å². The molecule has 3 aromatic rings. The molecular formula is C24H29N5O2. The minimum atomic E-state index is -0.162. The zero-order chi connectivity index (χ0) is 22.4. The molecule has 1 aromatic heterocycles. The maximum atomic E-state index is 13.3. The maximum Gasteiger partial charge on any atom is 0.254 e. The molecule has 0 saturated heterocycles. The van der Waals surface area contributed by atoms with E-state index in [0.29, 0.717) is 24.5 Å². The van der Waals surface area contributed by atoms with Crippen LogP contribution in [0.3, 0.4) is 0 Å². The first-order valence-electron chi connectivity index (χ1n) is 10.3. The van der Waals surface area contributed by atoms with Gasteiger partial charge in [-0.15, -0.1) is 0 Å². The Bertz CT molecular complexity index is 1030. The van der Waals surface area contributed by atoms with Gasteiger partial charge >= 0.3 is 0 Å². The Labute approximate surface area is 183 Å². The van der Waals surface area contributed by atoms with Gasteiger partial charge in [0.2, 0.25) is 5.91 Å². The van der Waals surface area contributed by atoms with Gasteiger partial charge in [-0.2, -0.15) is 5.10 Å². The molecule has 0 unspecified atom stereocenters. The number of likely N-dealkylation sites (N-methyl/N-ethyl adjacent to an activating group) is 1. The van der Waals surface area contributed by atoms with Gasteiger partial charge in [0.15, 0.2) is 0 Å². The summed E-state index contributed by atoms with van der Waals surface area (Å²) < 4.78 is 1.67. The summed E-state index contributed by atoms with van der Waals surface area (Å²) >= 11 is 0. The number of benzene rings is 2. The second kappa shape index (κ2) is 10.0. The van der Waals surface area contributed by atoms with Crippen LogP contribution >= 0.6 is 0 Å². The molecule has 0 atom stereocenters. The Kier molecular flexibility index (Phi) is 7.20. The molecule has 3 rings (SSSR count). The number of rotatable bonds is 8. The second-order valence-corrected chi connectivity index (χ2v) is 7.83. The van der Waals surface area contributed by atoms with E-state index in [1.54, 1.807) is 16.8 Å². The average molecular weight is 420 g/mol. The lowest BCUT2D eigenvalue weighted by molar-refractivity contribution is -0.114. The average Bonchev–Trinajstić information content (AvgIpc) is 3.10. The molecule has 0 saturated carbocycles. The summed E-state index contributed by atoms with van der Waals surface area (Å²) in [5, 5.41) is 7.23. The minimum absolute atomic E-state index is 0.0176. The Hall–Kier alpha value is -3.45. The third-order valence-corrected chi connectivity index (χ3v) is 4.82. The number of amides is 2. The molecule has 31 heavy (non-hydrogen) atoms. The number of carbonyl (C=O) groups excluding carboxylic acids is 2. The van der Waals surface area contributed by atoms with Gasteiger partial charge in [-0.05, 0) is 50.8 Å². The van der Waals surface area contributed by atoms with Gasteiger partial charge in [0.1, 0.15) is 5.82 Å². The lowest BCUT2D eigenvalue weighted by Crippen LogP contribution is -2.36. The predicted octanol–water partition coefficient (Wildman–Crippen LogP) is 3.34. The van der Waals surface area contributed by atoms with E-state index in [1.807, 2.05) is 74.4 Å². The fourth-order valence-corrected chi connectivity index (χ4v) is 3.27. The summed E-state index contributed by atoms with van der Waals surface area (Å²) in [6, 6.07) is 19.1. The number of hydrogen-bond donors (Lipinski definition) is 1. The molecule has 0 fully saturated rings. The predicted molar refractivity (Wildman–Crippen MR) is 122 cm³/mol. The molecule has 0 aliphatic rings. The number of carbonyl (C=O) groups is 2. The first kappa shape index (κ1) is 22.2. The number of nitrogens with zero attached hydrogens (tertiary/aromatic N) is 4. The third kappa shape index (κ3) is 6.02. The zero-order valence-electron chi connectivity index (χ0n) is 18.5. The summed E-state index contributed by atoms with van der Waals surface area (Å²) in [7, 11) is 4.00. The van der Waals surface area contributed by atoms with Gasteiger partial charge in [0.25, 0.3) is 5.91 Å². The van der Waals surface area contributed by atoms with Crippen LogP contribution in [0, 0.1) is 6.92 Å². The standard InChI is InChI=1S/C24H29N5O2/c1-18-16-23(25-19(2)30)29(26-18)22-12-10-21(11-13-22)24(31)28(15-14-27(3)4)17-20-8-6-5-7-9-20/h5-13,16H,14-15,17H2,1-4H3,(H,25,30). The van der Waals surface area contributed by atoms with E-state index < -0.39 is 0 Å². The summed E-state index contributed by atoms with van der Waals surface area (Å²) in [5.74, 6) is 0.419. The molecule has 7 nitrogen and oxygen atoms in total. The van der Waals surface area contributed by atoms with Gasteiger partial charge < -0.3 is 15.1 Å². The summed E-state index contributed by atoms with van der Waals surface area (Å²) in [5.41, 5.74) is 3.28. The van der Waals surface area contributed by atoms with Crippen LogP contribution in [0.15, 0.2) is 60.7 Å². The van der Waals surface area contributed by atoms with Crippen molar-refractivity contribution >= 4 is 17.6 Å². The zero-order valence-corrected chi connectivity index (χ0v) is 18.5. The van der Waals surface area contributed by atoms with Crippen molar-refractivity contribution in [2.45, 2.75) is 20.4 Å². The van der Waals surface area contributed by atoms with Gasteiger partial charge in [-0.3, -0.25) is 9.59 Å². The molecule has 0 radical (unpaired) electrons. The van der Waals surface area contributed by atoms with Crippen molar-refractivity contribution < 1.29 is 9.59 Å². The molecule has 0 aliphatic heterocycles. The fraction of sp³-hybridized carbons (Fsp3) is 0.292. The van der Waals surface area contributed by atoms with E-state index in [1.165, 1.54) is 6.92 Å². The highest BCUT2D eigenvalue weighted by Crippen LogP contribution is 2.19. The van der Waals surface area contributed by atoms with Gasteiger partial charge in [0, 0.05) is 38.2 Å². The molecule has 162 valence electrons. The number of nitrogens with one attached hydrogen (secondary N) is 1. The van der Waals surface area contributed by atoms with Crippen LogP contribution in [-0.4, -0.2) is 58.6 Å². The van der Waals surface area contributed by atoms with Crippen molar-refractivity contribution in [2.75, 3.05) is 32.5 Å². The van der Waals surface area contributed by atoms with E-state index in [4.69, 9.17) is 0 Å². The lowest BCUT2D eigenvalue weighted by Gasteiger charge is -2.25. The van der Waals surface area contributed by atoms with E-state index in [9.17, 15) is 9.59 Å². The molecule has 2 aromatic carbocycles. The summed E-state index contributed by atoms with van der Waals surface area (Å²) in [6.45, 7) is 5.30. The van der Waals surface area contributed by atoms with E-state index in [0.717, 1.165) is 23.5 Å². The molecule has 1 heterocycles. The van der Waals surface area contributed by atoms with E-state index in [-0.39, 0.29) is 11.8 Å². The topological polar surface area (TPSA) is 70.5 Å². The SMILES string of the molecule is CC(=O)Nc1cc(C)nn1-c1ccc(C(=O)N(CCN(C)C)Cc2ccccc2)cc1. The quantitative estimate of drug-likeness (QED) is 0.608. The van der Waals surface area contributed by atoms with Crippen molar-refractivity contribution in [3.63, 3.8) is 0 Å². The monoisotopic (exact) mass is 419 g/mol.